The molecule has 0 spiro atoms. The van der Waals surface area contributed by atoms with E-state index in [1.54, 1.807) is 80.6 Å². The van der Waals surface area contributed by atoms with Gasteiger partial charge in [-0.3, -0.25) is 50.4 Å². The Labute approximate surface area is 744 Å². The average Bonchev–Trinajstić information content (AvgIpc) is 1.19. The summed E-state index contributed by atoms with van der Waals surface area (Å²) < 4.78 is 0. The van der Waals surface area contributed by atoms with Crippen LogP contribution in [0.5, 0.6) is 0 Å². The predicted molar refractivity (Wildman–Crippen MR) is 397 cm³/mol. The van der Waals surface area contributed by atoms with Crippen LogP contribution in [0.25, 0.3) is 0 Å². The second kappa shape index (κ2) is 98.1. The van der Waals surface area contributed by atoms with Crippen LogP contribution in [0.3, 0.4) is 0 Å². The fourth-order valence-corrected chi connectivity index (χ4v) is 6.27. The fourth-order valence-electron chi connectivity index (χ4n) is 6.27. The topological polar surface area (TPSA) is 598 Å². The van der Waals surface area contributed by atoms with Crippen molar-refractivity contribution in [1.29, 1.82) is 0 Å². The zero-order chi connectivity index (χ0) is 73.6. The van der Waals surface area contributed by atoms with E-state index in [-0.39, 0.29) is 200 Å². The third-order valence-electron chi connectivity index (χ3n) is 10.9. The van der Waals surface area contributed by atoms with Gasteiger partial charge in [0.05, 0.1) is 5.69 Å². The molecule has 0 saturated carbocycles. The molecule has 2 atom stereocenters. The molecule has 38 heteroatoms. The van der Waals surface area contributed by atoms with Gasteiger partial charge in [0.15, 0.2) is 10.1 Å². The number of aldehydes is 1. The van der Waals surface area contributed by atoms with Crippen LogP contribution < -0.4 is 103 Å². The van der Waals surface area contributed by atoms with Gasteiger partial charge in [-0.25, -0.2) is 20.2 Å². The molecule has 26 N–H and O–H groups in total. The second-order valence-electron chi connectivity index (χ2n) is 19.0. The summed E-state index contributed by atoms with van der Waals surface area (Å²) >= 11 is 0. The van der Waals surface area contributed by atoms with E-state index in [1.807, 2.05) is 148 Å². The molecule has 0 saturated heterocycles. The van der Waals surface area contributed by atoms with Crippen LogP contribution in [0, 0.1) is 158 Å². The van der Waals surface area contributed by atoms with Gasteiger partial charge in [-0.2, -0.15) is 0 Å². The summed E-state index contributed by atoms with van der Waals surface area (Å²) in [7, 11) is 0. The third kappa shape index (κ3) is 93.2. The number of pyridine rings is 8. The van der Waals surface area contributed by atoms with Gasteiger partial charge in [0.1, 0.15) is 16.5 Å². The SMILES string of the molecule is CCN.CCNC[C@@H](N)CCCN/C(N)=N/[N+](=O)[O-].C[C@H](C=O)CCCN/C(N)=N/[N+](=O)[O-].NCCc1ccccn1.NCCc1cccnc1.NCCc1ccncc1.NCc1ccccn1.NCc1cccnc1.NCc1ccncc1.OO.[Ac].[Ac].[Ac].[B].[Na+].[OH-].c1ccncc1.c1ccncc1. The summed E-state index contributed by atoms with van der Waals surface area (Å²) in [5.41, 5.74) is 59.6. The van der Waals surface area contributed by atoms with E-state index in [0.717, 1.165) is 87.0 Å². The minimum absolute atomic E-state index is 0. The van der Waals surface area contributed by atoms with Crippen molar-refractivity contribution in [3.63, 3.8) is 0 Å². The maximum absolute atomic E-state index is 10.2. The third-order valence-corrected chi connectivity index (χ3v) is 10.9. The maximum Gasteiger partial charge on any atom is 1.00 e. The minimum Gasteiger partial charge on any atom is -0.870 e. The zero-order valence-electron chi connectivity index (χ0n) is 60.4. The van der Waals surface area contributed by atoms with Crippen LogP contribution in [0.4, 0.5) is 0 Å². The fraction of sp³-hybridized carbons (Fsp3) is 0.348. The number of hydrogen-bond acceptors (Lipinski definition) is 25. The van der Waals surface area contributed by atoms with Gasteiger partial charge < -0.3 is 83.6 Å². The minimum atomic E-state index is -0.865. The van der Waals surface area contributed by atoms with E-state index in [0.29, 0.717) is 58.8 Å². The summed E-state index contributed by atoms with van der Waals surface area (Å²) in [6.07, 6.45) is 31.3. The van der Waals surface area contributed by atoms with E-state index in [9.17, 15) is 25.0 Å². The first-order chi connectivity index (χ1) is 47.6. The largest absolute Gasteiger partial charge is 1.00 e. The molecule has 0 aliphatic heterocycles. The smallest absolute Gasteiger partial charge is 0.870 e. The summed E-state index contributed by atoms with van der Waals surface area (Å²) in [6.45, 7) is 12.9. The molecular formula is C66H108Ac3BN25NaO8. The van der Waals surface area contributed by atoms with Crippen molar-refractivity contribution in [2.24, 2.45) is 73.5 Å². The van der Waals surface area contributed by atoms with E-state index in [4.69, 9.17) is 67.9 Å². The van der Waals surface area contributed by atoms with E-state index in [1.165, 1.54) is 11.1 Å². The Morgan fingerprint density at radius 3 is 1.18 bits per heavy atom. The molecule has 33 nitrogen and oxygen atoms in total. The van der Waals surface area contributed by atoms with Gasteiger partial charge in [0.2, 0.25) is 0 Å². The molecule has 6 radical (unpaired) electrons. The van der Waals surface area contributed by atoms with Gasteiger partial charge in [0.25, 0.3) is 11.9 Å². The number of nitrogens with two attached hydrogens (primary N) is 10. The summed E-state index contributed by atoms with van der Waals surface area (Å²) in [5, 5.41) is 44.2. The predicted octanol–water partition coefficient (Wildman–Crippen LogP) is 0.458. The van der Waals surface area contributed by atoms with Crippen molar-refractivity contribution in [2.75, 3.05) is 52.4 Å². The molecule has 104 heavy (non-hydrogen) atoms. The number of guanidine groups is 2. The number of likely N-dealkylation sites (N-methyl/N-ethyl adjacent to an activating group) is 1. The van der Waals surface area contributed by atoms with Crippen molar-refractivity contribution in [3.8, 4) is 0 Å². The maximum atomic E-state index is 10.2. The molecule has 8 heterocycles. The number of hydrazone groups is 2. The Morgan fingerprint density at radius 2 is 0.885 bits per heavy atom. The van der Waals surface area contributed by atoms with Gasteiger partial charge in [-0.1, -0.05) is 57.2 Å². The molecule has 8 rings (SSSR count). The van der Waals surface area contributed by atoms with Gasteiger partial charge in [-0.05, 0) is 178 Å². The summed E-state index contributed by atoms with van der Waals surface area (Å²) in [6, 6.07) is 38.6. The van der Waals surface area contributed by atoms with E-state index >= 15 is 0 Å². The van der Waals surface area contributed by atoms with E-state index < -0.39 is 10.1 Å². The van der Waals surface area contributed by atoms with Crippen LogP contribution >= 0.6 is 0 Å². The molecule has 8 aromatic rings. The monoisotopic (exact) mass is 2090 g/mol. The van der Waals surface area contributed by atoms with Crippen LogP contribution in [-0.4, -0.2) is 151 Å². The Balaban J connectivity index is -0.000000118. The molecule has 8 aromatic heterocycles. The first kappa shape index (κ1) is 120. The van der Waals surface area contributed by atoms with Crippen LogP contribution in [0.1, 0.15) is 80.1 Å². The Kier molecular flexibility index (Phi) is 113. The second-order valence-corrected chi connectivity index (χ2v) is 19.0. The average molecular weight is 2090 g/mol. The first-order valence-corrected chi connectivity index (χ1v) is 31.1. The molecule has 0 aliphatic rings. The van der Waals surface area contributed by atoms with Crippen molar-refractivity contribution in [2.45, 2.75) is 91.4 Å². The number of carbonyl (C=O) groups is 1. The molecule has 558 valence electrons. The Hall–Kier alpha value is -4.88. The van der Waals surface area contributed by atoms with Crippen molar-refractivity contribution in [1.82, 2.24) is 55.8 Å². The number of rotatable bonds is 23. The normalized spacial score (nSPS) is 9.59. The summed E-state index contributed by atoms with van der Waals surface area (Å²) in [5.74, 6) is -0.385. The van der Waals surface area contributed by atoms with E-state index in [2.05, 4.69) is 66.0 Å². The molecule has 0 aromatic carbocycles. The molecule has 0 unspecified atom stereocenters. The Morgan fingerprint density at radius 1 is 0.510 bits per heavy atom. The van der Waals surface area contributed by atoms with Crippen molar-refractivity contribution >= 4 is 26.6 Å². The van der Waals surface area contributed by atoms with Gasteiger partial charge >= 0.3 is 29.6 Å². The first-order valence-electron chi connectivity index (χ1n) is 31.1. The number of hydrogen-bond donors (Lipinski definition) is 15. The number of aromatic nitrogens is 8. The zero-order valence-corrected chi connectivity index (χ0v) is 76.7. The van der Waals surface area contributed by atoms with Crippen molar-refractivity contribution in [3.05, 3.63) is 262 Å². The molecule has 0 aliphatic carbocycles. The Bertz CT molecular complexity index is 2720. The van der Waals surface area contributed by atoms with Crippen molar-refractivity contribution < 1.29 is 193 Å². The molecular weight excluding hydrogens is 1990 g/mol. The van der Waals surface area contributed by atoms with Gasteiger partial charge in [0, 0.05) is 291 Å². The van der Waals surface area contributed by atoms with Crippen LogP contribution in [-0.2, 0) is 43.7 Å². The summed E-state index contributed by atoms with van der Waals surface area (Å²) in [4.78, 5) is 61.2. The number of nitro groups is 2. The number of carbonyl (C=O) groups excluding carboxylic acids is 1. The quantitative estimate of drug-likeness (QED) is 0.00604. The number of nitrogens with one attached hydrogen (secondary N) is 3. The molecule has 0 amide bonds. The van der Waals surface area contributed by atoms with Gasteiger partial charge in [-0.15, -0.1) is 0 Å². The van der Waals surface area contributed by atoms with Crippen LogP contribution in [0.2, 0.25) is 0 Å². The molecule has 0 fully saturated rings. The number of nitrogens with zero attached hydrogens (tertiary/aromatic N) is 12. The standard InChI is InChI=1S/C8H20N6O2.C7H14N4O3.3C7H10N2.3C6H8N2.2C5H5N.C2H7N.3Ac.B.Na.H2O2.H2O/c1-2-11-6-7(9)4-3-5-12-8(10)13-14(15)16;1-6(5-12)3-2-4-9-7(8)10-11(13)14;8-4-1-7-2-5-9-6-3-7;8-4-3-7-2-1-5-9-6-7;8-5-4-7-3-1-2-6-9-7;7-5-6-1-3-8-4-2-6;7-4-6-2-1-3-8-5-6;7-5-6-3-1-2-4-8-6;2*1-2-4-6-5-3-1;1-2-3;;;;;;1-2;/h7,11H,2-6,9H2,1H3,(H3,10,12,13);5-6H,2-4H2,1H3,(H3,8,9,10);2-3,5-6H,1,4,8H2;1-2,5-6H,3-4,8H2;1-3,6H,4-5,8H2;1-4H,5,7H2;1-3,5H,4,7H2;1-4H,5,7H2;2*1-5H;2-3H2,1H3;;;;;;1-2H;1H2/q;;;;;;;;;;;;;;;+1;;/p-1/t7-;6-;;;;;;;;;;;;;;;;/m00................/s1. The molecule has 0 bridgehead atoms. The van der Waals surface area contributed by atoms with Crippen LogP contribution in [0.15, 0.2) is 218 Å².